The summed E-state index contributed by atoms with van der Waals surface area (Å²) in [5, 5.41) is 9.29. The molecule has 0 amide bonds. The number of hydrogen-bond acceptors (Lipinski definition) is 2. The zero-order valence-corrected chi connectivity index (χ0v) is 8.28. The quantitative estimate of drug-likeness (QED) is 0.751. The van der Waals surface area contributed by atoms with Gasteiger partial charge in [0.05, 0.1) is 6.10 Å². The van der Waals surface area contributed by atoms with Crippen LogP contribution in [-0.2, 0) is 0 Å². The fourth-order valence-corrected chi connectivity index (χ4v) is 1.01. The minimum atomic E-state index is -0.382. The fraction of sp³-hybridized carbons (Fsp3) is 0.364. The second kappa shape index (κ2) is 4.19. The van der Waals surface area contributed by atoms with Crippen LogP contribution in [0, 0.1) is 6.92 Å². The molecule has 0 radical (unpaired) electrons. The molecule has 0 aliphatic heterocycles. The predicted octanol–water partition coefficient (Wildman–Crippen LogP) is 2.17. The summed E-state index contributed by atoms with van der Waals surface area (Å²) in [5.74, 6) is 0. The first-order valence-corrected chi connectivity index (χ1v) is 4.38. The Hall–Kier alpha value is -1.15. The van der Waals surface area contributed by atoms with Crippen molar-refractivity contribution >= 4 is 6.08 Å². The highest BCUT2D eigenvalue weighted by Gasteiger charge is 1.99. The maximum Gasteiger partial charge on any atom is 0.0722 e. The van der Waals surface area contributed by atoms with Gasteiger partial charge in [-0.3, -0.25) is 4.98 Å². The summed E-state index contributed by atoms with van der Waals surface area (Å²) in [6, 6.07) is 1.95. The van der Waals surface area contributed by atoms with E-state index < -0.39 is 0 Å². The average Bonchev–Trinajstić information content (AvgIpc) is 2.08. The van der Waals surface area contributed by atoms with Crippen LogP contribution in [0.1, 0.15) is 25.0 Å². The Labute approximate surface area is 78.9 Å². The predicted molar refractivity (Wildman–Crippen MR) is 54.3 cm³/mol. The molecule has 0 saturated carbocycles. The van der Waals surface area contributed by atoms with Gasteiger partial charge in [-0.1, -0.05) is 6.08 Å². The van der Waals surface area contributed by atoms with E-state index in [9.17, 15) is 5.11 Å². The third kappa shape index (κ3) is 2.67. The molecule has 1 heterocycles. The summed E-state index contributed by atoms with van der Waals surface area (Å²) in [6.07, 6.45) is 5.18. The van der Waals surface area contributed by atoms with Gasteiger partial charge in [0.25, 0.3) is 0 Å². The Bertz CT molecular complexity index is 316. The molecule has 0 aromatic carbocycles. The summed E-state index contributed by atoms with van der Waals surface area (Å²) < 4.78 is 0. The molecular formula is C11H15NO. The Morgan fingerprint density at radius 1 is 1.62 bits per heavy atom. The molecule has 13 heavy (non-hydrogen) atoms. The summed E-state index contributed by atoms with van der Waals surface area (Å²) in [4.78, 5) is 4.01. The van der Waals surface area contributed by atoms with Crippen LogP contribution in [0.25, 0.3) is 6.08 Å². The van der Waals surface area contributed by atoms with Gasteiger partial charge in [-0.05, 0) is 43.5 Å². The van der Waals surface area contributed by atoms with Crippen molar-refractivity contribution in [3.63, 3.8) is 0 Å². The fourth-order valence-electron chi connectivity index (χ4n) is 1.01. The van der Waals surface area contributed by atoms with Crippen LogP contribution in [-0.4, -0.2) is 16.2 Å². The van der Waals surface area contributed by atoms with Crippen LogP contribution in [0.15, 0.2) is 24.0 Å². The second-order valence-corrected chi connectivity index (χ2v) is 3.30. The first kappa shape index (κ1) is 9.93. The van der Waals surface area contributed by atoms with Crippen molar-refractivity contribution in [2.45, 2.75) is 26.9 Å². The summed E-state index contributed by atoms with van der Waals surface area (Å²) >= 11 is 0. The van der Waals surface area contributed by atoms with Gasteiger partial charge in [0.1, 0.15) is 0 Å². The lowest BCUT2D eigenvalue weighted by Crippen LogP contribution is -2.00. The first-order valence-electron chi connectivity index (χ1n) is 4.38. The Balaban J connectivity index is 2.97. The number of pyridine rings is 1. The lowest BCUT2D eigenvalue weighted by Gasteiger charge is -2.05. The summed E-state index contributed by atoms with van der Waals surface area (Å²) in [7, 11) is 0. The first-order chi connectivity index (χ1) is 6.11. The van der Waals surface area contributed by atoms with Crippen molar-refractivity contribution in [2.24, 2.45) is 0 Å². The molecule has 0 aliphatic rings. The van der Waals surface area contributed by atoms with Gasteiger partial charge in [-0.25, -0.2) is 0 Å². The number of rotatable bonds is 2. The molecule has 0 bridgehead atoms. The normalized spacial score (nSPS) is 14.3. The minimum Gasteiger partial charge on any atom is -0.389 e. The van der Waals surface area contributed by atoms with E-state index in [1.54, 1.807) is 13.1 Å². The van der Waals surface area contributed by atoms with E-state index in [0.29, 0.717) is 0 Å². The highest BCUT2D eigenvalue weighted by Crippen LogP contribution is 2.12. The van der Waals surface area contributed by atoms with Crippen molar-refractivity contribution in [1.82, 2.24) is 4.98 Å². The van der Waals surface area contributed by atoms with Gasteiger partial charge in [-0.2, -0.15) is 0 Å². The van der Waals surface area contributed by atoms with Crippen molar-refractivity contribution < 1.29 is 5.11 Å². The van der Waals surface area contributed by atoms with Crippen LogP contribution in [0.5, 0.6) is 0 Å². The molecule has 0 saturated heterocycles. The van der Waals surface area contributed by atoms with E-state index in [0.717, 1.165) is 16.7 Å². The SMILES string of the molecule is C/C(=C\c1ccncc1C)C(C)O. The molecule has 1 N–H and O–H groups in total. The van der Waals surface area contributed by atoms with Crippen LogP contribution < -0.4 is 0 Å². The number of aryl methyl sites for hydroxylation is 1. The molecule has 0 fully saturated rings. The highest BCUT2D eigenvalue weighted by molar-refractivity contribution is 5.55. The molecule has 2 heteroatoms. The molecule has 1 rings (SSSR count). The molecule has 1 atom stereocenters. The zero-order chi connectivity index (χ0) is 9.84. The lowest BCUT2D eigenvalue weighted by atomic mass is 10.1. The van der Waals surface area contributed by atoms with Crippen LogP contribution in [0.4, 0.5) is 0 Å². The van der Waals surface area contributed by atoms with Crippen LogP contribution >= 0.6 is 0 Å². The van der Waals surface area contributed by atoms with Crippen molar-refractivity contribution in [3.05, 3.63) is 35.2 Å². The van der Waals surface area contributed by atoms with E-state index in [2.05, 4.69) is 4.98 Å². The van der Waals surface area contributed by atoms with Gasteiger partial charge in [0.2, 0.25) is 0 Å². The topological polar surface area (TPSA) is 33.1 Å². The average molecular weight is 177 g/mol. The van der Waals surface area contributed by atoms with Gasteiger partial charge in [-0.15, -0.1) is 0 Å². The van der Waals surface area contributed by atoms with E-state index in [1.807, 2.05) is 32.2 Å². The standard InChI is InChI=1S/C11H15NO/c1-8(10(3)13)6-11-4-5-12-7-9(11)2/h4-7,10,13H,1-3H3/b8-6+. The Kier molecular flexibility index (Phi) is 3.20. The third-order valence-corrected chi connectivity index (χ3v) is 2.11. The van der Waals surface area contributed by atoms with E-state index in [-0.39, 0.29) is 6.10 Å². The minimum absolute atomic E-state index is 0.382. The number of aliphatic hydroxyl groups is 1. The van der Waals surface area contributed by atoms with Crippen LogP contribution in [0.3, 0.4) is 0 Å². The van der Waals surface area contributed by atoms with Crippen molar-refractivity contribution in [3.8, 4) is 0 Å². The smallest absolute Gasteiger partial charge is 0.0722 e. The largest absolute Gasteiger partial charge is 0.389 e. The van der Waals surface area contributed by atoms with Crippen LogP contribution in [0.2, 0.25) is 0 Å². The third-order valence-electron chi connectivity index (χ3n) is 2.11. The monoisotopic (exact) mass is 177 g/mol. The molecule has 0 aliphatic carbocycles. The van der Waals surface area contributed by atoms with Crippen molar-refractivity contribution in [2.75, 3.05) is 0 Å². The van der Waals surface area contributed by atoms with Gasteiger partial charge < -0.3 is 5.11 Å². The Morgan fingerprint density at radius 2 is 2.31 bits per heavy atom. The Morgan fingerprint density at radius 3 is 2.85 bits per heavy atom. The van der Waals surface area contributed by atoms with Gasteiger partial charge in [0.15, 0.2) is 0 Å². The molecule has 0 spiro atoms. The molecule has 1 aromatic heterocycles. The molecule has 1 aromatic rings. The maximum absolute atomic E-state index is 9.29. The van der Waals surface area contributed by atoms with E-state index in [1.165, 1.54) is 0 Å². The van der Waals surface area contributed by atoms with Crippen molar-refractivity contribution in [1.29, 1.82) is 0 Å². The number of nitrogens with zero attached hydrogens (tertiary/aromatic N) is 1. The summed E-state index contributed by atoms with van der Waals surface area (Å²) in [5.41, 5.74) is 3.21. The van der Waals surface area contributed by atoms with E-state index >= 15 is 0 Å². The zero-order valence-electron chi connectivity index (χ0n) is 8.28. The number of aliphatic hydroxyl groups excluding tert-OH is 1. The lowest BCUT2D eigenvalue weighted by molar-refractivity contribution is 0.232. The molecule has 1 unspecified atom stereocenters. The summed E-state index contributed by atoms with van der Waals surface area (Å²) in [6.45, 7) is 5.70. The maximum atomic E-state index is 9.29. The molecule has 70 valence electrons. The van der Waals surface area contributed by atoms with E-state index in [4.69, 9.17) is 0 Å². The van der Waals surface area contributed by atoms with Gasteiger partial charge >= 0.3 is 0 Å². The highest BCUT2D eigenvalue weighted by atomic mass is 16.3. The number of aromatic nitrogens is 1. The second-order valence-electron chi connectivity index (χ2n) is 3.30. The molecular weight excluding hydrogens is 162 g/mol. The van der Waals surface area contributed by atoms with Gasteiger partial charge in [0, 0.05) is 12.4 Å². The molecule has 2 nitrogen and oxygen atoms in total. The number of hydrogen-bond donors (Lipinski definition) is 1.